The quantitative estimate of drug-likeness (QED) is 0.659. The minimum absolute atomic E-state index is 0.216. The summed E-state index contributed by atoms with van der Waals surface area (Å²) in [5, 5.41) is 3.20. The highest BCUT2D eigenvalue weighted by molar-refractivity contribution is 9.10. The zero-order chi connectivity index (χ0) is 16.5. The third kappa shape index (κ3) is 3.16. The van der Waals surface area contributed by atoms with Crippen LogP contribution >= 0.6 is 27.3 Å². The first-order chi connectivity index (χ1) is 11.7. The van der Waals surface area contributed by atoms with E-state index in [-0.39, 0.29) is 5.82 Å². The molecule has 24 heavy (non-hydrogen) atoms. The van der Waals surface area contributed by atoms with Crippen molar-refractivity contribution >= 4 is 43.3 Å². The number of rotatable bonds is 3. The van der Waals surface area contributed by atoms with Crippen molar-refractivity contribution in [3.05, 3.63) is 51.8 Å². The summed E-state index contributed by atoms with van der Waals surface area (Å²) in [5.74, 6) is 0.817. The fourth-order valence-corrected chi connectivity index (χ4v) is 4.20. The Morgan fingerprint density at radius 1 is 1.12 bits per heavy atom. The average molecular weight is 407 g/mol. The first-order valence-electron chi connectivity index (χ1n) is 7.80. The summed E-state index contributed by atoms with van der Waals surface area (Å²) in [6.45, 7) is 4.63. The van der Waals surface area contributed by atoms with E-state index in [1.165, 1.54) is 6.07 Å². The molecule has 7 heteroatoms. The van der Waals surface area contributed by atoms with Crippen LogP contribution < -0.4 is 4.90 Å². The molecule has 0 N–H and O–H groups in total. The van der Waals surface area contributed by atoms with Crippen molar-refractivity contribution in [2.24, 2.45) is 0 Å². The van der Waals surface area contributed by atoms with Gasteiger partial charge >= 0.3 is 0 Å². The Labute approximate surface area is 152 Å². The standard InChI is InChI=1S/C17H16BrFN4S/c18-14-9-12(1-2-15(14)19)10-22-4-6-23(7-5-22)16-13-3-8-24-17(13)21-11-20-16/h1-3,8-9,11H,4-7,10H2. The van der Waals surface area contributed by atoms with Gasteiger partial charge in [-0.2, -0.15) is 0 Å². The summed E-state index contributed by atoms with van der Waals surface area (Å²) in [4.78, 5) is 14.6. The Bertz CT molecular complexity index is 861. The second-order valence-electron chi connectivity index (χ2n) is 5.85. The van der Waals surface area contributed by atoms with Gasteiger partial charge in [0.25, 0.3) is 0 Å². The van der Waals surface area contributed by atoms with Crippen LogP contribution in [0.25, 0.3) is 10.2 Å². The van der Waals surface area contributed by atoms with Gasteiger partial charge in [-0.25, -0.2) is 14.4 Å². The molecule has 2 aromatic heterocycles. The number of hydrogen-bond donors (Lipinski definition) is 0. The molecule has 1 aliphatic rings. The maximum atomic E-state index is 13.3. The third-order valence-corrected chi connectivity index (χ3v) is 5.73. The lowest BCUT2D eigenvalue weighted by Gasteiger charge is -2.35. The Balaban J connectivity index is 1.43. The number of hydrogen-bond acceptors (Lipinski definition) is 5. The lowest BCUT2D eigenvalue weighted by molar-refractivity contribution is 0.249. The number of aromatic nitrogens is 2. The number of halogens is 2. The molecule has 4 nitrogen and oxygen atoms in total. The van der Waals surface area contributed by atoms with E-state index in [2.05, 4.69) is 47.1 Å². The highest BCUT2D eigenvalue weighted by atomic mass is 79.9. The van der Waals surface area contributed by atoms with Crippen molar-refractivity contribution in [1.29, 1.82) is 0 Å². The topological polar surface area (TPSA) is 32.3 Å². The van der Waals surface area contributed by atoms with Gasteiger partial charge in [-0.15, -0.1) is 11.3 Å². The van der Waals surface area contributed by atoms with E-state index < -0.39 is 0 Å². The summed E-state index contributed by atoms with van der Waals surface area (Å²) < 4.78 is 13.9. The van der Waals surface area contributed by atoms with E-state index >= 15 is 0 Å². The van der Waals surface area contributed by atoms with Crippen LogP contribution in [0.4, 0.5) is 10.2 Å². The Morgan fingerprint density at radius 2 is 1.96 bits per heavy atom. The Morgan fingerprint density at radius 3 is 2.75 bits per heavy atom. The molecular formula is C17H16BrFN4S. The van der Waals surface area contributed by atoms with Crippen LogP contribution in [0.15, 0.2) is 40.4 Å². The molecule has 1 saturated heterocycles. The van der Waals surface area contributed by atoms with Crippen molar-refractivity contribution in [3.63, 3.8) is 0 Å². The molecule has 0 saturated carbocycles. The Kier molecular flexibility index (Phi) is 4.47. The molecule has 0 aliphatic carbocycles. The largest absolute Gasteiger partial charge is 0.353 e. The van der Waals surface area contributed by atoms with Gasteiger partial charge < -0.3 is 4.90 Å². The monoisotopic (exact) mass is 406 g/mol. The molecule has 3 heterocycles. The van der Waals surface area contributed by atoms with E-state index in [1.54, 1.807) is 17.7 Å². The molecule has 1 fully saturated rings. The molecule has 0 bridgehead atoms. The number of piperazine rings is 1. The fourth-order valence-electron chi connectivity index (χ4n) is 3.04. The molecular weight excluding hydrogens is 391 g/mol. The first-order valence-corrected chi connectivity index (χ1v) is 9.47. The molecule has 0 unspecified atom stereocenters. The lowest BCUT2D eigenvalue weighted by Crippen LogP contribution is -2.46. The zero-order valence-corrected chi connectivity index (χ0v) is 15.4. The van der Waals surface area contributed by atoms with E-state index in [1.807, 2.05) is 12.1 Å². The summed E-state index contributed by atoms with van der Waals surface area (Å²) in [6, 6.07) is 7.33. The van der Waals surface area contributed by atoms with E-state index in [0.29, 0.717) is 4.47 Å². The predicted octanol–water partition coefficient (Wildman–Crippen LogP) is 3.92. The van der Waals surface area contributed by atoms with E-state index in [4.69, 9.17) is 0 Å². The van der Waals surface area contributed by atoms with E-state index in [0.717, 1.165) is 54.3 Å². The van der Waals surface area contributed by atoms with Crippen LogP contribution in [0, 0.1) is 5.82 Å². The molecule has 1 aliphatic heterocycles. The molecule has 0 atom stereocenters. The fraction of sp³-hybridized carbons (Fsp3) is 0.294. The predicted molar refractivity (Wildman–Crippen MR) is 99.0 cm³/mol. The molecule has 3 aromatic rings. The minimum atomic E-state index is -0.216. The van der Waals surface area contributed by atoms with Gasteiger partial charge in [0.15, 0.2) is 0 Å². The van der Waals surface area contributed by atoms with Gasteiger partial charge in [-0.1, -0.05) is 6.07 Å². The molecule has 1 aromatic carbocycles. The zero-order valence-electron chi connectivity index (χ0n) is 13.0. The molecule has 0 radical (unpaired) electrons. The van der Waals surface area contributed by atoms with Crippen LogP contribution in [0.5, 0.6) is 0 Å². The second-order valence-corrected chi connectivity index (χ2v) is 7.60. The smallest absolute Gasteiger partial charge is 0.140 e. The van der Waals surface area contributed by atoms with Gasteiger partial charge in [0.2, 0.25) is 0 Å². The summed E-state index contributed by atoms with van der Waals surface area (Å²) in [5.41, 5.74) is 1.12. The van der Waals surface area contributed by atoms with Gasteiger partial charge in [0.1, 0.15) is 22.8 Å². The lowest BCUT2D eigenvalue weighted by atomic mass is 10.2. The molecule has 4 rings (SSSR count). The Hall–Kier alpha value is -1.57. The highest BCUT2D eigenvalue weighted by Crippen LogP contribution is 2.27. The number of anilines is 1. The normalized spacial score (nSPS) is 16.0. The number of thiophene rings is 1. The van der Waals surface area contributed by atoms with Gasteiger partial charge in [0, 0.05) is 32.7 Å². The third-order valence-electron chi connectivity index (χ3n) is 4.30. The molecule has 0 amide bonds. The van der Waals surface area contributed by atoms with Crippen LogP contribution in [-0.4, -0.2) is 41.0 Å². The number of fused-ring (bicyclic) bond motifs is 1. The summed E-state index contributed by atoms with van der Waals surface area (Å²) in [6.07, 6.45) is 1.65. The maximum Gasteiger partial charge on any atom is 0.140 e. The van der Waals surface area contributed by atoms with Crippen molar-refractivity contribution in [2.75, 3.05) is 31.1 Å². The molecule has 0 spiro atoms. The number of nitrogens with zero attached hydrogens (tertiary/aromatic N) is 4. The van der Waals surface area contributed by atoms with E-state index in [9.17, 15) is 4.39 Å². The number of benzene rings is 1. The van der Waals surface area contributed by atoms with Gasteiger partial charge in [-0.3, -0.25) is 4.90 Å². The highest BCUT2D eigenvalue weighted by Gasteiger charge is 2.20. The van der Waals surface area contributed by atoms with Gasteiger partial charge in [0.05, 0.1) is 9.86 Å². The summed E-state index contributed by atoms with van der Waals surface area (Å²) >= 11 is 4.90. The minimum Gasteiger partial charge on any atom is -0.353 e. The maximum absolute atomic E-state index is 13.3. The SMILES string of the molecule is Fc1ccc(CN2CCN(c3ncnc4sccc34)CC2)cc1Br. The van der Waals surface area contributed by atoms with Crippen LogP contribution in [-0.2, 0) is 6.54 Å². The summed E-state index contributed by atoms with van der Waals surface area (Å²) in [7, 11) is 0. The van der Waals surface area contributed by atoms with Crippen LogP contribution in [0.3, 0.4) is 0 Å². The van der Waals surface area contributed by atoms with Crippen molar-refractivity contribution in [1.82, 2.24) is 14.9 Å². The second kappa shape index (κ2) is 6.74. The average Bonchev–Trinajstić information content (AvgIpc) is 3.08. The van der Waals surface area contributed by atoms with Crippen molar-refractivity contribution in [2.45, 2.75) is 6.54 Å². The van der Waals surface area contributed by atoms with Gasteiger partial charge in [-0.05, 0) is 45.1 Å². The van der Waals surface area contributed by atoms with Crippen LogP contribution in [0.1, 0.15) is 5.56 Å². The van der Waals surface area contributed by atoms with Crippen molar-refractivity contribution in [3.8, 4) is 0 Å². The van der Waals surface area contributed by atoms with Crippen molar-refractivity contribution < 1.29 is 4.39 Å². The first kappa shape index (κ1) is 15.9. The van der Waals surface area contributed by atoms with Crippen LogP contribution in [0.2, 0.25) is 0 Å². The molecule has 124 valence electrons.